The summed E-state index contributed by atoms with van der Waals surface area (Å²) in [4.78, 5) is 8.18. The van der Waals surface area contributed by atoms with Gasteiger partial charge in [-0.15, -0.1) is 0 Å². The van der Waals surface area contributed by atoms with E-state index < -0.39 is 23.7 Å². The van der Waals surface area contributed by atoms with Crippen LogP contribution in [0.3, 0.4) is 0 Å². The third-order valence-corrected chi connectivity index (χ3v) is 0.700. The van der Waals surface area contributed by atoms with Gasteiger partial charge in [0.1, 0.15) is 0 Å². The maximum Gasteiger partial charge on any atom is 0.420 e. The Balaban J connectivity index is 3.85. The number of hydrogen-bond donors (Lipinski definition) is 1. The molecule has 0 radical (unpaired) electrons. The third kappa shape index (κ3) is 3.23. The average molecular weight is 159 g/mol. The lowest BCUT2D eigenvalue weighted by molar-refractivity contribution is -0.500. The molecular weight excluding hydrogens is 155 g/mol. The molecule has 60 valence electrons. The van der Waals surface area contributed by atoms with E-state index in [4.69, 9.17) is 5.11 Å². The maximum absolute atomic E-state index is 11.3. The first-order chi connectivity index (χ1) is 4.34. The molecule has 0 aromatic heterocycles. The monoisotopic (exact) mass is 159 g/mol. The van der Waals surface area contributed by atoms with Crippen LogP contribution >= 0.6 is 0 Å². The van der Waals surface area contributed by atoms with Crippen molar-refractivity contribution in [1.82, 2.24) is 0 Å². The summed E-state index contributed by atoms with van der Waals surface area (Å²) in [7, 11) is 0. The van der Waals surface area contributed by atoms with Crippen LogP contribution in [-0.4, -0.2) is 28.9 Å². The van der Waals surface area contributed by atoms with Crippen LogP contribution in [0.1, 0.15) is 0 Å². The van der Waals surface area contributed by atoms with Gasteiger partial charge in [0.2, 0.25) is 12.6 Å². The van der Waals surface area contributed by atoms with Gasteiger partial charge in [0.15, 0.2) is 0 Å². The second-order valence-electron chi connectivity index (χ2n) is 1.57. The van der Waals surface area contributed by atoms with E-state index in [1.54, 1.807) is 0 Å². The summed E-state index contributed by atoms with van der Waals surface area (Å²) < 4.78 is 33.8. The van der Waals surface area contributed by atoms with Crippen LogP contribution in [-0.2, 0) is 0 Å². The van der Waals surface area contributed by atoms with Gasteiger partial charge in [-0.3, -0.25) is 10.1 Å². The number of aliphatic hydroxyl groups excluding tert-OH is 1. The van der Waals surface area contributed by atoms with Gasteiger partial charge in [-0.1, -0.05) is 0 Å². The number of hydrogen-bond acceptors (Lipinski definition) is 3. The SMILES string of the molecule is O=[N+]([O-])C[C@H](O)C(F)(F)F. The molecule has 0 bridgehead atoms. The van der Waals surface area contributed by atoms with E-state index in [9.17, 15) is 23.3 Å². The van der Waals surface area contributed by atoms with Crippen LogP contribution in [0.4, 0.5) is 13.2 Å². The van der Waals surface area contributed by atoms with Gasteiger partial charge in [0.05, 0.1) is 0 Å². The van der Waals surface area contributed by atoms with Gasteiger partial charge in [0.25, 0.3) is 0 Å². The van der Waals surface area contributed by atoms with Crippen molar-refractivity contribution in [3.8, 4) is 0 Å². The van der Waals surface area contributed by atoms with E-state index in [1.807, 2.05) is 0 Å². The van der Waals surface area contributed by atoms with Gasteiger partial charge < -0.3 is 5.11 Å². The predicted molar refractivity (Wildman–Crippen MR) is 23.9 cm³/mol. The van der Waals surface area contributed by atoms with Crippen LogP contribution < -0.4 is 0 Å². The van der Waals surface area contributed by atoms with Gasteiger partial charge in [-0.25, -0.2) is 0 Å². The second kappa shape index (κ2) is 2.82. The van der Waals surface area contributed by atoms with Crippen molar-refractivity contribution in [3.63, 3.8) is 0 Å². The Labute approximate surface area is 53.4 Å². The van der Waals surface area contributed by atoms with E-state index in [2.05, 4.69) is 0 Å². The highest BCUT2D eigenvalue weighted by Gasteiger charge is 2.41. The molecule has 4 nitrogen and oxygen atoms in total. The fraction of sp³-hybridized carbons (Fsp3) is 1.00. The van der Waals surface area contributed by atoms with E-state index in [0.29, 0.717) is 0 Å². The molecule has 0 heterocycles. The fourth-order valence-electron chi connectivity index (χ4n) is 0.245. The van der Waals surface area contributed by atoms with Crippen molar-refractivity contribution in [2.75, 3.05) is 6.54 Å². The molecule has 0 aliphatic rings. The molecule has 0 aliphatic carbocycles. The van der Waals surface area contributed by atoms with Crippen molar-refractivity contribution < 1.29 is 23.2 Å². The van der Waals surface area contributed by atoms with Gasteiger partial charge in [0, 0.05) is 4.92 Å². The second-order valence-corrected chi connectivity index (χ2v) is 1.57. The molecule has 0 unspecified atom stereocenters. The number of nitrogens with zero attached hydrogens (tertiary/aromatic N) is 1. The summed E-state index contributed by atoms with van der Waals surface area (Å²) in [5.41, 5.74) is 0. The number of alkyl halides is 3. The predicted octanol–water partition coefficient (Wildman–Crippen LogP) is 0.186. The molecule has 10 heavy (non-hydrogen) atoms. The molecule has 0 aromatic carbocycles. The first kappa shape index (κ1) is 9.15. The maximum atomic E-state index is 11.3. The number of rotatable bonds is 2. The Bertz CT molecular complexity index is 133. The Morgan fingerprint density at radius 1 is 1.60 bits per heavy atom. The lowest BCUT2D eigenvalue weighted by Gasteiger charge is -2.08. The molecule has 0 saturated carbocycles. The summed E-state index contributed by atoms with van der Waals surface area (Å²) >= 11 is 0. The van der Waals surface area contributed by atoms with Gasteiger partial charge in [-0.2, -0.15) is 13.2 Å². The highest BCUT2D eigenvalue weighted by Crippen LogP contribution is 2.19. The molecular formula is C3H4F3NO3. The van der Waals surface area contributed by atoms with E-state index in [-0.39, 0.29) is 0 Å². The molecule has 0 fully saturated rings. The standard InChI is InChI=1S/C3H4F3NO3/c4-3(5,6)2(8)1-7(9)10/h2,8H,1H2/t2-/m0/s1. The Hall–Kier alpha value is -0.850. The zero-order chi connectivity index (χ0) is 8.36. The highest BCUT2D eigenvalue weighted by molar-refractivity contribution is 4.62. The highest BCUT2D eigenvalue weighted by atomic mass is 19.4. The first-order valence-electron chi connectivity index (χ1n) is 2.20. The molecule has 7 heteroatoms. The summed E-state index contributed by atoms with van der Waals surface area (Å²) in [6.07, 6.45) is -7.75. The van der Waals surface area contributed by atoms with Crippen molar-refractivity contribution >= 4 is 0 Å². The smallest absolute Gasteiger partial charge is 0.378 e. The molecule has 0 saturated heterocycles. The van der Waals surface area contributed by atoms with Crippen molar-refractivity contribution in [3.05, 3.63) is 10.1 Å². The molecule has 1 atom stereocenters. The van der Waals surface area contributed by atoms with E-state index >= 15 is 0 Å². The molecule has 0 spiro atoms. The average Bonchev–Trinajstić information content (AvgIpc) is 1.60. The minimum absolute atomic E-state index is 1.22. The first-order valence-corrected chi connectivity index (χ1v) is 2.20. The Morgan fingerprint density at radius 3 is 2.10 bits per heavy atom. The Morgan fingerprint density at radius 2 is 2.00 bits per heavy atom. The van der Waals surface area contributed by atoms with Gasteiger partial charge in [-0.05, 0) is 0 Å². The number of nitro groups is 1. The van der Waals surface area contributed by atoms with Crippen LogP contribution in [0.25, 0.3) is 0 Å². The van der Waals surface area contributed by atoms with E-state index in [0.717, 1.165) is 0 Å². The quantitative estimate of drug-likeness (QED) is 0.462. The molecule has 0 rings (SSSR count). The van der Waals surface area contributed by atoms with Crippen molar-refractivity contribution in [2.24, 2.45) is 0 Å². The molecule has 0 aliphatic heterocycles. The lowest BCUT2D eigenvalue weighted by Crippen LogP contribution is -2.34. The van der Waals surface area contributed by atoms with Crippen LogP contribution in [0, 0.1) is 10.1 Å². The minimum atomic E-state index is -4.90. The van der Waals surface area contributed by atoms with Crippen LogP contribution in [0.2, 0.25) is 0 Å². The summed E-state index contributed by atoms with van der Waals surface area (Å²) in [5.74, 6) is 0. The zero-order valence-electron chi connectivity index (χ0n) is 4.63. The molecule has 1 N–H and O–H groups in total. The lowest BCUT2D eigenvalue weighted by atomic mass is 10.3. The molecule has 0 amide bonds. The Kier molecular flexibility index (Phi) is 2.58. The largest absolute Gasteiger partial charge is 0.420 e. The third-order valence-electron chi connectivity index (χ3n) is 0.700. The fourth-order valence-corrected chi connectivity index (χ4v) is 0.245. The topological polar surface area (TPSA) is 63.4 Å². The van der Waals surface area contributed by atoms with E-state index in [1.165, 1.54) is 0 Å². The van der Waals surface area contributed by atoms with Crippen molar-refractivity contribution in [1.29, 1.82) is 0 Å². The molecule has 0 aromatic rings. The normalized spacial score (nSPS) is 14.8. The van der Waals surface area contributed by atoms with Crippen molar-refractivity contribution in [2.45, 2.75) is 12.3 Å². The van der Waals surface area contributed by atoms with Crippen LogP contribution in [0.5, 0.6) is 0 Å². The minimum Gasteiger partial charge on any atom is -0.378 e. The summed E-state index contributed by atoms with van der Waals surface area (Å²) in [5, 5.41) is 17.4. The number of halogens is 3. The van der Waals surface area contributed by atoms with Crippen LogP contribution in [0.15, 0.2) is 0 Å². The summed E-state index contributed by atoms with van der Waals surface area (Å²) in [6, 6.07) is 0. The van der Waals surface area contributed by atoms with Gasteiger partial charge >= 0.3 is 6.18 Å². The summed E-state index contributed by atoms with van der Waals surface area (Å²) in [6.45, 7) is -1.50. The zero-order valence-corrected chi connectivity index (χ0v) is 4.63. The number of aliphatic hydroxyl groups is 1.